The fourth-order valence-corrected chi connectivity index (χ4v) is 7.02. The zero-order chi connectivity index (χ0) is 28.9. The first-order valence-corrected chi connectivity index (χ1v) is 17.0. The van der Waals surface area contributed by atoms with Crippen molar-refractivity contribution in [1.29, 1.82) is 0 Å². The Labute approximate surface area is 254 Å². The van der Waals surface area contributed by atoms with Crippen molar-refractivity contribution in [3.8, 4) is 22.6 Å². The molecule has 0 aliphatic carbocycles. The standard InChI is InChI=1S/C30H33FIN5O3S/c1-30(2,39)19-7-8-25(22(15-19)23-18-34(3)29(38)28-21(23)9-12-37(28)41-32)40-26-6-4-5-24(27(26)31)36-16-20(17-36)35-13-10-33-11-14-35/h4-9,12,15,18,20,33,39H,10-11,13-14,16-17H2,1-3H3. The maximum Gasteiger partial charge on any atom is 0.275 e. The van der Waals surface area contributed by atoms with Crippen LogP contribution < -0.4 is 20.5 Å². The lowest BCUT2D eigenvalue weighted by atomic mass is 9.93. The van der Waals surface area contributed by atoms with Gasteiger partial charge in [-0.3, -0.25) is 13.7 Å². The highest BCUT2D eigenvalue weighted by Crippen LogP contribution is 2.41. The second-order valence-corrected chi connectivity index (χ2v) is 13.0. The van der Waals surface area contributed by atoms with E-state index in [4.69, 9.17) is 4.74 Å². The molecule has 0 unspecified atom stereocenters. The molecule has 0 radical (unpaired) electrons. The number of aromatic nitrogens is 2. The molecule has 2 aliphatic rings. The summed E-state index contributed by atoms with van der Waals surface area (Å²) >= 11 is 2.15. The van der Waals surface area contributed by atoms with Crippen LogP contribution >= 0.6 is 30.3 Å². The Morgan fingerprint density at radius 1 is 1.10 bits per heavy atom. The predicted molar refractivity (Wildman–Crippen MR) is 172 cm³/mol. The normalized spacial score (nSPS) is 16.8. The van der Waals surface area contributed by atoms with Gasteiger partial charge in [-0.25, -0.2) is 4.39 Å². The van der Waals surface area contributed by atoms with Crippen molar-refractivity contribution in [2.75, 3.05) is 44.2 Å². The molecule has 8 nitrogen and oxygen atoms in total. The number of rotatable bonds is 7. The number of anilines is 1. The van der Waals surface area contributed by atoms with Gasteiger partial charge in [0.25, 0.3) is 5.56 Å². The van der Waals surface area contributed by atoms with Crippen LogP contribution in [0.5, 0.6) is 11.5 Å². The van der Waals surface area contributed by atoms with E-state index in [1.54, 1.807) is 55.9 Å². The topological polar surface area (TPSA) is 74.9 Å². The van der Waals surface area contributed by atoms with Gasteiger partial charge in [0, 0.05) is 112 Å². The van der Waals surface area contributed by atoms with Crippen LogP contribution in [0.4, 0.5) is 10.1 Å². The molecular formula is C30H33FIN5O3S. The Balaban J connectivity index is 1.38. The van der Waals surface area contributed by atoms with E-state index < -0.39 is 11.4 Å². The highest BCUT2D eigenvalue weighted by Gasteiger charge is 2.34. The monoisotopic (exact) mass is 689 g/mol. The number of ether oxygens (including phenoxy) is 1. The van der Waals surface area contributed by atoms with Crippen molar-refractivity contribution in [3.63, 3.8) is 0 Å². The second kappa shape index (κ2) is 11.3. The number of aryl methyl sites for hydroxylation is 1. The SMILES string of the molecule is Cn1cc(-c2cc(C(C)(C)O)ccc2Oc2cccc(N3CC(N4CCNCC4)C3)c2F)c2ccn(SI)c2c1=O. The zero-order valence-corrected chi connectivity index (χ0v) is 26.2. The molecule has 0 atom stereocenters. The van der Waals surface area contributed by atoms with Crippen molar-refractivity contribution < 1.29 is 14.2 Å². The summed E-state index contributed by atoms with van der Waals surface area (Å²) < 4.78 is 25.6. The van der Waals surface area contributed by atoms with E-state index in [0.29, 0.717) is 34.1 Å². The van der Waals surface area contributed by atoms with Crippen molar-refractivity contribution in [2.45, 2.75) is 25.5 Å². The Bertz CT molecular complexity index is 1650. The number of nitrogens with one attached hydrogen (secondary N) is 1. The average molecular weight is 690 g/mol. The Morgan fingerprint density at radius 2 is 1.85 bits per heavy atom. The van der Waals surface area contributed by atoms with Gasteiger partial charge >= 0.3 is 0 Å². The first kappa shape index (κ1) is 28.5. The molecule has 2 aliphatic heterocycles. The molecule has 4 aromatic rings. The molecule has 0 bridgehead atoms. The minimum atomic E-state index is -1.11. The third-order valence-electron chi connectivity index (χ3n) is 8.07. The van der Waals surface area contributed by atoms with Crippen molar-refractivity contribution in [3.05, 3.63) is 76.6 Å². The van der Waals surface area contributed by atoms with E-state index in [1.807, 2.05) is 28.4 Å². The summed E-state index contributed by atoms with van der Waals surface area (Å²) in [6.07, 6.45) is 3.63. The van der Waals surface area contributed by atoms with Crippen LogP contribution in [0, 0.1) is 5.82 Å². The number of pyridine rings is 1. The van der Waals surface area contributed by atoms with Gasteiger partial charge in [-0.1, -0.05) is 12.1 Å². The third kappa shape index (κ3) is 5.38. The minimum Gasteiger partial charge on any atom is -0.454 e. The van der Waals surface area contributed by atoms with Gasteiger partial charge in [0.15, 0.2) is 11.6 Å². The van der Waals surface area contributed by atoms with Crippen molar-refractivity contribution in [2.24, 2.45) is 7.05 Å². The number of nitrogens with zero attached hydrogens (tertiary/aromatic N) is 4. The summed E-state index contributed by atoms with van der Waals surface area (Å²) in [7, 11) is 3.12. The van der Waals surface area contributed by atoms with Crippen molar-refractivity contribution >= 4 is 46.9 Å². The largest absolute Gasteiger partial charge is 0.454 e. The van der Waals surface area contributed by atoms with E-state index in [0.717, 1.165) is 50.2 Å². The minimum absolute atomic E-state index is 0.119. The van der Waals surface area contributed by atoms with Gasteiger partial charge in [0.05, 0.1) is 11.3 Å². The number of hydrogen-bond donors (Lipinski definition) is 2. The molecule has 0 spiro atoms. The average Bonchev–Trinajstić information content (AvgIpc) is 3.37. The second-order valence-electron chi connectivity index (χ2n) is 11.2. The summed E-state index contributed by atoms with van der Waals surface area (Å²) in [5.74, 6) is 0.167. The zero-order valence-electron chi connectivity index (χ0n) is 23.2. The number of piperazine rings is 1. The Kier molecular flexibility index (Phi) is 7.83. The van der Waals surface area contributed by atoms with Crippen LogP contribution in [0.15, 0.2) is 59.7 Å². The van der Waals surface area contributed by atoms with E-state index in [2.05, 4.69) is 36.3 Å². The number of hydrogen-bond acceptors (Lipinski definition) is 7. The predicted octanol–water partition coefficient (Wildman–Crippen LogP) is 5.11. The number of aliphatic hydroxyl groups is 1. The lowest BCUT2D eigenvalue weighted by Crippen LogP contribution is -2.63. The molecule has 0 saturated carbocycles. The molecule has 6 rings (SSSR count). The maximum atomic E-state index is 15.9. The Morgan fingerprint density at radius 3 is 2.56 bits per heavy atom. The molecule has 2 aromatic carbocycles. The van der Waals surface area contributed by atoms with Crippen LogP contribution in [0.3, 0.4) is 0 Å². The van der Waals surface area contributed by atoms with E-state index in [-0.39, 0.29) is 11.3 Å². The van der Waals surface area contributed by atoms with E-state index >= 15 is 4.39 Å². The molecule has 2 aromatic heterocycles. The number of fused-ring (bicyclic) bond motifs is 1. The van der Waals surface area contributed by atoms with Crippen LogP contribution in [-0.2, 0) is 12.6 Å². The van der Waals surface area contributed by atoms with Crippen LogP contribution in [0.25, 0.3) is 22.0 Å². The summed E-state index contributed by atoms with van der Waals surface area (Å²) in [6.45, 7) is 9.03. The highest BCUT2D eigenvalue weighted by molar-refractivity contribution is 14.2. The molecule has 41 heavy (non-hydrogen) atoms. The van der Waals surface area contributed by atoms with Crippen LogP contribution in [-0.4, -0.2) is 63.9 Å². The quantitative estimate of drug-likeness (QED) is 0.262. The molecule has 2 fully saturated rings. The molecular weight excluding hydrogens is 656 g/mol. The molecule has 0 amide bonds. The maximum absolute atomic E-state index is 15.9. The van der Waals surface area contributed by atoms with Gasteiger partial charge < -0.3 is 24.6 Å². The summed E-state index contributed by atoms with van der Waals surface area (Å²) in [6, 6.07) is 13.0. The van der Waals surface area contributed by atoms with Crippen LogP contribution in [0.1, 0.15) is 19.4 Å². The lowest BCUT2D eigenvalue weighted by Gasteiger charge is -2.48. The highest BCUT2D eigenvalue weighted by atomic mass is 127. The molecule has 4 heterocycles. The van der Waals surface area contributed by atoms with Gasteiger partial charge in [-0.05, 0) is 49.7 Å². The smallest absolute Gasteiger partial charge is 0.275 e. The van der Waals surface area contributed by atoms with Gasteiger partial charge in [0.1, 0.15) is 11.3 Å². The van der Waals surface area contributed by atoms with E-state index in [9.17, 15) is 9.90 Å². The van der Waals surface area contributed by atoms with E-state index in [1.165, 1.54) is 9.12 Å². The van der Waals surface area contributed by atoms with Crippen LogP contribution in [0.2, 0.25) is 0 Å². The molecule has 2 N–H and O–H groups in total. The number of benzene rings is 2. The molecule has 2 saturated heterocycles. The van der Waals surface area contributed by atoms with Gasteiger partial charge in [-0.15, -0.1) is 0 Å². The van der Waals surface area contributed by atoms with Gasteiger partial charge in [0.2, 0.25) is 0 Å². The van der Waals surface area contributed by atoms with Crippen molar-refractivity contribution in [1.82, 2.24) is 18.8 Å². The summed E-state index contributed by atoms with van der Waals surface area (Å²) in [5, 5.41) is 14.9. The Hall–Kier alpha value is -2.58. The third-order valence-corrected chi connectivity index (χ3v) is 9.80. The fraction of sp³-hybridized carbons (Fsp3) is 0.367. The first-order valence-electron chi connectivity index (χ1n) is 13.7. The fourth-order valence-electron chi connectivity index (χ4n) is 5.68. The first-order chi connectivity index (χ1) is 19.7. The lowest BCUT2D eigenvalue weighted by molar-refractivity contribution is 0.0786. The number of halogens is 2. The van der Waals surface area contributed by atoms with Gasteiger partial charge in [-0.2, -0.15) is 0 Å². The molecule has 216 valence electrons. The summed E-state index contributed by atoms with van der Waals surface area (Å²) in [5.41, 5.74) is 1.95. The molecule has 11 heteroatoms. The summed E-state index contributed by atoms with van der Waals surface area (Å²) in [4.78, 5) is 17.6.